The lowest BCUT2D eigenvalue weighted by Gasteiger charge is -2.13. The molecule has 0 aliphatic heterocycles. The fourth-order valence-corrected chi connectivity index (χ4v) is 2.75. The first-order chi connectivity index (χ1) is 13.5. The summed E-state index contributed by atoms with van der Waals surface area (Å²) in [4.78, 5) is 20.7. The third-order valence-corrected chi connectivity index (χ3v) is 4.37. The highest BCUT2D eigenvalue weighted by atomic mass is 16.5. The topological polar surface area (TPSA) is 105 Å². The number of amides is 1. The Morgan fingerprint density at radius 3 is 2.57 bits per heavy atom. The number of nitrogens with zero attached hydrogens (tertiary/aromatic N) is 2. The van der Waals surface area contributed by atoms with Gasteiger partial charge in [-0.1, -0.05) is 49.4 Å². The molecule has 0 aliphatic rings. The Kier molecular flexibility index (Phi) is 5.74. The van der Waals surface area contributed by atoms with E-state index in [9.17, 15) is 15.0 Å². The molecule has 1 heterocycles. The van der Waals surface area contributed by atoms with Gasteiger partial charge in [-0.25, -0.2) is 4.98 Å². The molecule has 0 aliphatic carbocycles. The van der Waals surface area contributed by atoms with E-state index < -0.39 is 17.5 Å². The van der Waals surface area contributed by atoms with Crippen molar-refractivity contribution in [1.82, 2.24) is 15.3 Å². The van der Waals surface area contributed by atoms with E-state index in [1.54, 1.807) is 19.2 Å². The minimum Gasteiger partial charge on any atom is -0.501 e. The first-order valence-corrected chi connectivity index (χ1v) is 8.75. The van der Waals surface area contributed by atoms with Crippen LogP contribution in [0.25, 0.3) is 0 Å². The van der Waals surface area contributed by atoms with Crippen molar-refractivity contribution >= 4 is 5.91 Å². The third-order valence-electron chi connectivity index (χ3n) is 4.37. The van der Waals surface area contributed by atoms with Crippen molar-refractivity contribution in [3.8, 4) is 17.4 Å². The molecular weight excluding hydrogens is 358 g/mol. The van der Waals surface area contributed by atoms with Crippen LogP contribution in [0.4, 0.5) is 0 Å². The minimum absolute atomic E-state index is 0.212. The van der Waals surface area contributed by atoms with E-state index in [2.05, 4.69) is 15.3 Å². The van der Waals surface area contributed by atoms with Crippen molar-refractivity contribution < 1.29 is 19.7 Å². The van der Waals surface area contributed by atoms with Crippen LogP contribution in [0.2, 0.25) is 0 Å². The van der Waals surface area contributed by atoms with Crippen molar-refractivity contribution in [1.29, 1.82) is 0 Å². The van der Waals surface area contributed by atoms with Crippen LogP contribution in [0.3, 0.4) is 0 Å². The second-order valence-corrected chi connectivity index (χ2v) is 6.27. The van der Waals surface area contributed by atoms with Gasteiger partial charge in [-0.3, -0.25) is 4.79 Å². The normalized spacial score (nSPS) is 11.6. The molecule has 0 spiro atoms. The third kappa shape index (κ3) is 4.20. The Morgan fingerprint density at radius 1 is 1.11 bits per heavy atom. The number of aromatic nitrogens is 2. The summed E-state index contributed by atoms with van der Waals surface area (Å²) in [7, 11) is 1.56. The minimum atomic E-state index is -0.646. The SMILES string of the molecule is COc1cccc(CNC(=O)c2nc(C(C)c3ccccc3)nc(O)c2O)c1. The van der Waals surface area contributed by atoms with E-state index in [-0.39, 0.29) is 24.0 Å². The Balaban J connectivity index is 1.82. The van der Waals surface area contributed by atoms with Gasteiger partial charge in [-0.15, -0.1) is 0 Å². The van der Waals surface area contributed by atoms with E-state index in [0.29, 0.717) is 5.75 Å². The van der Waals surface area contributed by atoms with E-state index in [1.807, 2.05) is 49.4 Å². The van der Waals surface area contributed by atoms with Gasteiger partial charge in [-0.05, 0) is 23.3 Å². The molecule has 1 unspecified atom stereocenters. The van der Waals surface area contributed by atoms with Gasteiger partial charge in [0.2, 0.25) is 5.75 Å². The molecule has 0 fully saturated rings. The molecule has 0 saturated carbocycles. The summed E-state index contributed by atoms with van der Waals surface area (Å²) in [6.45, 7) is 2.07. The molecule has 0 bridgehead atoms. The van der Waals surface area contributed by atoms with Gasteiger partial charge >= 0.3 is 0 Å². The number of hydrogen-bond donors (Lipinski definition) is 3. The molecule has 7 heteroatoms. The van der Waals surface area contributed by atoms with Crippen molar-refractivity contribution in [2.24, 2.45) is 0 Å². The molecule has 7 nitrogen and oxygen atoms in total. The largest absolute Gasteiger partial charge is 0.501 e. The Hall–Kier alpha value is -3.61. The molecule has 1 atom stereocenters. The molecule has 3 aromatic rings. The molecule has 3 rings (SSSR count). The first-order valence-electron chi connectivity index (χ1n) is 8.75. The molecule has 28 heavy (non-hydrogen) atoms. The molecule has 0 radical (unpaired) electrons. The highest BCUT2D eigenvalue weighted by Gasteiger charge is 2.22. The average molecular weight is 379 g/mol. The summed E-state index contributed by atoms with van der Waals surface area (Å²) < 4.78 is 5.16. The standard InChI is InChI=1S/C21H21N3O4/c1-13(15-8-4-3-5-9-15)19-23-17(18(25)21(27)24-19)20(26)22-12-14-7-6-10-16(11-14)28-2/h3-11,13,25H,12H2,1-2H3,(H,22,26)(H,23,24,27). The number of hydrogen-bond acceptors (Lipinski definition) is 6. The number of methoxy groups -OCH3 is 1. The summed E-state index contributed by atoms with van der Waals surface area (Å²) in [5.41, 5.74) is 1.48. The Bertz CT molecular complexity index is 977. The second-order valence-electron chi connectivity index (χ2n) is 6.27. The maximum atomic E-state index is 12.6. The zero-order valence-electron chi connectivity index (χ0n) is 15.6. The fourth-order valence-electron chi connectivity index (χ4n) is 2.75. The predicted molar refractivity (Wildman–Crippen MR) is 103 cm³/mol. The molecule has 3 N–H and O–H groups in total. The van der Waals surface area contributed by atoms with Gasteiger partial charge in [0.25, 0.3) is 11.8 Å². The highest BCUT2D eigenvalue weighted by Crippen LogP contribution is 2.29. The monoisotopic (exact) mass is 379 g/mol. The number of benzene rings is 2. The number of aromatic hydroxyl groups is 2. The molecule has 2 aromatic carbocycles. The molecule has 144 valence electrons. The summed E-state index contributed by atoms with van der Waals surface area (Å²) in [5.74, 6) is -1.23. The van der Waals surface area contributed by atoms with Gasteiger partial charge in [0.1, 0.15) is 11.6 Å². The van der Waals surface area contributed by atoms with Gasteiger partial charge in [0.15, 0.2) is 5.69 Å². The van der Waals surface area contributed by atoms with Crippen molar-refractivity contribution in [3.05, 3.63) is 77.2 Å². The lowest BCUT2D eigenvalue weighted by atomic mass is 10.0. The number of ether oxygens (including phenoxy) is 1. The van der Waals surface area contributed by atoms with Crippen molar-refractivity contribution in [3.63, 3.8) is 0 Å². The lowest BCUT2D eigenvalue weighted by molar-refractivity contribution is 0.0941. The Labute approximate surface area is 162 Å². The van der Waals surface area contributed by atoms with Crippen LogP contribution in [-0.2, 0) is 6.54 Å². The maximum absolute atomic E-state index is 12.6. The van der Waals surface area contributed by atoms with Crippen LogP contribution in [-0.4, -0.2) is 33.2 Å². The fraction of sp³-hybridized carbons (Fsp3) is 0.190. The van der Waals surface area contributed by atoms with Crippen LogP contribution in [0.5, 0.6) is 17.4 Å². The van der Waals surface area contributed by atoms with Gasteiger partial charge in [-0.2, -0.15) is 4.98 Å². The first kappa shape index (κ1) is 19.2. The number of carbonyl (C=O) groups excluding carboxylic acids is 1. The zero-order chi connectivity index (χ0) is 20.1. The molecule has 0 saturated heterocycles. The van der Waals surface area contributed by atoms with Crippen molar-refractivity contribution in [2.45, 2.75) is 19.4 Å². The summed E-state index contributed by atoms with van der Waals surface area (Å²) in [6.07, 6.45) is 0. The van der Waals surface area contributed by atoms with E-state index >= 15 is 0 Å². The van der Waals surface area contributed by atoms with Crippen LogP contribution in [0.15, 0.2) is 54.6 Å². The van der Waals surface area contributed by atoms with E-state index in [1.165, 1.54) is 0 Å². The van der Waals surface area contributed by atoms with E-state index in [0.717, 1.165) is 11.1 Å². The highest BCUT2D eigenvalue weighted by molar-refractivity contribution is 5.95. The predicted octanol–water partition coefficient (Wildman–Crippen LogP) is 2.98. The van der Waals surface area contributed by atoms with E-state index in [4.69, 9.17) is 4.74 Å². The van der Waals surface area contributed by atoms with Crippen molar-refractivity contribution in [2.75, 3.05) is 7.11 Å². The number of nitrogens with one attached hydrogen (secondary N) is 1. The van der Waals surface area contributed by atoms with Gasteiger partial charge in [0.05, 0.1) is 7.11 Å². The summed E-state index contributed by atoms with van der Waals surface area (Å²) >= 11 is 0. The quantitative estimate of drug-likeness (QED) is 0.608. The maximum Gasteiger partial charge on any atom is 0.274 e. The zero-order valence-corrected chi connectivity index (χ0v) is 15.6. The smallest absolute Gasteiger partial charge is 0.274 e. The van der Waals surface area contributed by atoms with Crippen LogP contribution in [0.1, 0.15) is 40.3 Å². The number of carbonyl (C=O) groups is 1. The van der Waals surface area contributed by atoms with Crippen LogP contribution < -0.4 is 10.1 Å². The van der Waals surface area contributed by atoms with Crippen LogP contribution >= 0.6 is 0 Å². The van der Waals surface area contributed by atoms with Gasteiger partial charge < -0.3 is 20.3 Å². The summed E-state index contributed by atoms with van der Waals surface area (Å²) in [6, 6.07) is 16.7. The molecular formula is C21H21N3O4. The van der Waals surface area contributed by atoms with Crippen LogP contribution in [0, 0.1) is 0 Å². The number of rotatable bonds is 6. The van der Waals surface area contributed by atoms with Gasteiger partial charge in [0, 0.05) is 12.5 Å². The average Bonchev–Trinajstić information content (AvgIpc) is 2.74. The summed E-state index contributed by atoms with van der Waals surface area (Å²) in [5, 5.41) is 22.7. The lowest BCUT2D eigenvalue weighted by Crippen LogP contribution is -2.25. The molecule has 1 aromatic heterocycles. The molecule has 1 amide bonds. The second kappa shape index (κ2) is 8.39. The Morgan fingerprint density at radius 2 is 1.86 bits per heavy atom.